The van der Waals surface area contributed by atoms with Gasteiger partial charge in [-0.1, -0.05) is 30.3 Å². The van der Waals surface area contributed by atoms with Crippen LogP contribution in [0, 0.1) is 3.70 Å². The number of imidazole rings is 1. The minimum absolute atomic E-state index is 0.726. The predicted molar refractivity (Wildman–Crippen MR) is 87.2 cm³/mol. The van der Waals surface area contributed by atoms with E-state index < -0.39 is 0 Å². The Balaban J connectivity index is 1.92. The fraction of sp³-hybridized carbons (Fsp3) is 0.0769. The fourth-order valence-corrected chi connectivity index (χ4v) is 2.72. The first-order valence-electron chi connectivity index (χ1n) is 5.71. The number of rotatable bonds is 3. The summed E-state index contributed by atoms with van der Waals surface area (Å²) in [6.07, 6.45) is 3.75. The number of hydrogen-bond donors (Lipinski definition) is 1. The fourth-order valence-electron chi connectivity index (χ4n) is 1.83. The molecule has 0 radical (unpaired) electrons. The van der Waals surface area contributed by atoms with Crippen molar-refractivity contribution in [3.8, 4) is 0 Å². The van der Waals surface area contributed by atoms with Gasteiger partial charge in [-0.05, 0) is 44.1 Å². The standard InChI is InChI=1S/C13H10BrIN4/c14-10-8-19-11(15)7-17-13(19)12(18-10)16-6-9-4-2-1-3-5-9/h1-5,7-8H,6H2,(H,16,18). The molecule has 0 saturated carbocycles. The topological polar surface area (TPSA) is 42.2 Å². The predicted octanol–water partition coefficient (Wildman–Crippen LogP) is 3.71. The van der Waals surface area contributed by atoms with E-state index in [0.29, 0.717) is 0 Å². The molecular weight excluding hydrogens is 419 g/mol. The molecule has 1 N–H and O–H groups in total. The number of hydrogen-bond acceptors (Lipinski definition) is 3. The van der Waals surface area contributed by atoms with E-state index in [2.05, 4.69) is 65.9 Å². The van der Waals surface area contributed by atoms with Crippen molar-refractivity contribution in [2.45, 2.75) is 6.54 Å². The van der Waals surface area contributed by atoms with Crippen LogP contribution in [0.1, 0.15) is 5.56 Å². The molecular formula is C13H10BrIN4. The first kappa shape index (κ1) is 12.9. The highest BCUT2D eigenvalue weighted by molar-refractivity contribution is 14.1. The zero-order chi connectivity index (χ0) is 13.2. The van der Waals surface area contributed by atoms with Crippen molar-refractivity contribution in [2.75, 3.05) is 5.32 Å². The van der Waals surface area contributed by atoms with E-state index in [1.54, 1.807) is 0 Å². The third-order valence-electron chi connectivity index (χ3n) is 2.72. The van der Waals surface area contributed by atoms with Crippen molar-refractivity contribution in [3.63, 3.8) is 0 Å². The van der Waals surface area contributed by atoms with Crippen LogP contribution in [-0.4, -0.2) is 14.4 Å². The quantitative estimate of drug-likeness (QED) is 0.646. The highest BCUT2D eigenvalue weighted by Gasteiger charge is 2.08. The van der Waals surface area contributed by atoms with Crippen LogP contribution < -0.4 is 5.32 Å². The van der Waals surface area contributed by atoms with Crippen LogP contribution in [0.25, 0.3) is 5.65 Å². The first-order valence-corrected chi connectivity index (χ1v) is 7.58. The maximum absolute atomic E-state index is 4.45. The molecule has 19 heavy (non-hydrogen) atoms. The summed E-state index contributed by atoms with van der Waals surface area (Å²) in [4.78, 5) is 8.83. The molecule has 4 nitrogen and oxygen atoms in total. The Morgan fingerprint density at radius 1 is 1.26 bits per heavy atom. The summed E-state index contributed by atoms with van der Waals surface area (Å²) in [5.41, 5.74) is 2.05. The molecule has 2 aromatic heterocycles. The summed E-state index contributed by atoms with van der Waals surface area (Å²) >= 11 is 5.68. The van der Waals surface area contributed by atoms with Crippen molar-refractivity contribution >= 4 is 50.0 Å². The SMILES string of the molecule is Brc1cn2c(I)cnc2c(NCc2ccccc2)n1. The number of anilines is 1. The Morgan fingerprint density at radius 2 is 2.05 bits per heavy atom. The molecule has 0 unspecified atom stereocenters. The van der Waals surface area contributed by atoms with E-state index >= 15 is 0 Å². The third kappa shape index (κ3) is 2.74. The molecule has 1 aromatic carbocycles. The Labute approximate surface area is 132 Å². The lowest BCUT2D eigenvalue weighted by molar-refractivity contribution is 1.04. The largest absolute Gasteiger partial charge is 0.363 e. The van der Waals surface area contributed by atoms with Gasteiger partial charge in [0, 0.05) is 12.7 Å². The number of benzene rings is 1. The Morgan fingerprint density at radius 3 is 2.84 bits per heavy atom. The van der Waals surface area contributed by atoms with Crippen LogP contribution in [0.5, 0.6) is 0 Å². The maximum atomic E-state index is 4.45. The second-order valence-electron chi connectivity index (χ2n) is 4.03. The molecule has 3 rings (SSSR count). The molecule has 0 saturated heterocycles. The Bertz CT molecular complexity index is 711. The van der Waals surface area contributed by atoms with Crippen LogP contribution in [-0.2, 0) is 6.54 Å². The number of halogens is 2. The highest BCUT2D eigenvalue weighted by Crippen LogP contribution is 2.20. The minimum Gasteiger partial charge on any atom is -0.363 e. The van der Waals surface area contributed by atoms with Gasteiger partial charge in [0.1, 0.15) is 8.30 Å². The molecule has 3 aromatic rings. The Kier molecular flexibility index (Phi) is 3.69. The van der Waals surface area contributed by atoms with Crippen LogP contribution in [0.15, 0.2) is 47.3 Å². The summed E-state index contributed by atoms with van der Waals surface area (Å²) in [5.74, 6) is 0.779. The normalized spacial score (nSPS) is 10.8. The lowest BCUT2D eigenvalue weighted by Crippen LogP contribution is -2.04. The summed E-state index contributed by atoms with van der Waals surface area (Å²) in [6, 6.07) is 10.2. The lowest BCUT2D eigenvalue weighted by atomic mass is 10.2. The first-order chi connectivity index (χ1) is 9.24. The number of nitrogens with zero attached hydrogens (tertiary/aromatic N) is 3. The van der Waals surface area contributed by atoms with Gasteiger partial charge in [-0.25, -0.2) is 9.97 Å². The second kappa shape index (κ2) is 5.46. The third-order valence-corrected chi connectivity index (χ3v) is 3.90. The van der Waals surface area contributed by atoms with Crippen molar-refractivity contribution in [1.29, 1.82) is 0 Å². The van der Waals surface area contributed by atoms with Gasteiger partial charge in [0.25, 0.3) is 0 Å². The van der Waals surface area contributed by atoms with E-state index in [9.17, 15) is 0 Å². The van der Waals surface area contributed by atoms with Gasteiger partial charge in [0.2, 0.25) is 0 Å². The second-order valence-corrected chi connectivity index (χ2v) is 5.94. The van der Waals surface area contributed by atoms with Crippen molar-refractivity contribution in [2.24, 2.45) is 0 Å². The van der Waals surface area contributed by atoms with Crippen LogP contribution >= 0.6 is 38.5 Å². The summed E-state index contributed by atoms with van der Waals surface area (Å²) in [7, 11) is 0. The average Bonchev–Trinajstić information content (AvgIpc) is 2.79. The molecule has 6 heteroatoms. The molecule has 0 aliphatic carbocycles. The van der Waals surface area contributed by atoms with E-state index in [1.165, 1.54) is 5.56 Å². The van der Waals surface area contributed by atoms with E-state index in [-0.39, 0.29) is 0 Å². The zero-order valence-electron chi connectivity index (χ0n) is 9.85. The smallest absolute Gasteiger partial charge is 0.181 e. The van der Waals surface area contributed by atoms with Gasteiger partial charge in [-0.3, -0.25) is 4.40 Å². The summed E-state index contributed by atoms with van der Waals surface area (Å²) in [5, 5.41) is 3.33. The number of nitrogens with one attached hydrogen (secondary N) is 1. The molecule has 96 valence electrons. The molecule has 0 amide bonds. The Hall–Kier alpha value is -1.15. The molecule has 0 fully saturated rings. The summed E-state index contributed by atoms with van der Waals surface area (Å²) < 4.78 is 3.84. The molecule has 0 spiro atoms. The van der Waals surface area contributed by atoms with E-state index in [0.717, 1.165) is 26.3 Å². The maximum Gasteiger partial charge on any atom is 0.181 e. The monoisotopic (exact) mass is 428 g/mol. The molecule has 2 heterocycles. The minimum atomic E-state index is 0.726. The van der Waals surface area contributed by atoms with Crippen molar-refractivity contribution in [3.05, 3.63) is 56.6 Å². The van der Waals surface area contributed by atoms with Gasteiger partial charge in [0.05, 0.1) is 6.20 Å². The highest BCUT2D eigenvalue weighted by atomic mass is 127. The van der Waals surface area contributed by atoms with Gasteiger partial charge in [0.15, 0.2) is 11.5 Å². The van der Waals surface area contributed by atoms with Crippen LogP contribution in [0.3, 0.4) is 0 Å². The van der Waals surface area contributed by atoms with E-state index in [1.807, 2.05) is 35.0 Å². The molecule has 0 atom stereocenters. The van der Waals surface area contributed by atoms with Crippen molar-refractivity contribution < 1.29 is 0 Å². The number of aromatic nitrogens is 3. The van der Waals surface area contributed by atoms with Crippen LogP contribution in [0.2, 0.25) is 0 Å². The van der Waals surface area contributed by atoms with Gasteiger partial charge in [-0.2, -0.15) is 0 Å². The summed E-state index contributed by atoms with van der Waals surface area (Å²) in [6.45, 7) is 0.726. The molecule has 0 bridgehead atoms. The number of fused-ring (bicyclic) bond motifs is 1. The van der Waals surface area contributed by atoms with Crippen molar-refractivity contribution in [1.82, 2.24) is 14.4 Å². The average molecular weight is 429 g/mol. The molecule has 0 aliphatic rings. The van der Waals surface area contributed by atoms with Crippen LogP contribution in [0.4, 0.5) is 5.82 Å². The zero-order valence-corrected chi connectivity index (χ0v) is 13.6. The van der Waals surface area contributed by atoms with E-state index in [4.69, 9.17) is 0 Å². The van der Waals surface area contributed by atoms with Gasteiger partial charge in [-0.15, -0.1) is 0 Å². The van der Waals surface area contributed by atoms with Gasteiger partial charge < -0.3 is 5.32 Å². The molecule has 0 aliphatic heterocycles. The lowest BCUT2D eigenvalue weighted by Gasteiger charge is -2.08. The van der Waals surface area contributed by atoms with Gasteiger partial charge >= 0.3 is 0 Å².